The van der Waals surface area contributed by atoms with Gasteiger partial charge in [-0.1, -0.05) is 23.7 Å². The molecular weight excluding hydrogens is 580 g/mol. The van der Waals surface area contributed by atoms with Crippen molar-refractivity contribution < 1.29 is 23.8 Å². The summed E-state index contributed by atoms with van der Waals surface area (Å²) in [7, 11) is 1.52. The van der Waals surface area contributed by atoms with Crippen LogP contribution < -0.4 is 14.2 Å². The quantitative estimate of drug-likeness (QED) is 0.254. The number of methoxy groups -OCH3 is 1. The number of rotatable bonds is 9. The van der Waals surface area contributed by atoms with Gasteiger partial charge in [0.05, 0.1) is 34.7 Å². The molecule has 10 heteroatoms. The van der Waals surface area contributed by atoms with E-state index in [1.807, 2.05) is 12.1 Å². The summed E-state index contributed by atoms with van der Waals surface area (Å²) in [5.41, 5.74) is 2.13. The standard InChI is InChI=1S/C27H20BrClN2O5S/c1-34-23-13-19(12-22(28)25(23)36-16-18-4-2-17(15-30)3-5-18)14-24-26(32)31(27(33)37-24)10-11-35-21-8-6-20(29)7-9-21/h2-9,12-14H,10-11,16H2,1H3/b24-14-. The van der Waals surface area contributed by atoms with E-state index in [0.29, 0.717) is 42.8 Å². The number of hydrogen-bond acceptors (Lipinski definition) is 7. The lowest BCUT2D eigenvalue weighted by Gasteiger charge is -2.14. The van der Waals surface area contributed by atoms with E-state index in [1.165, 1.54) is 7.11 Å². The van der Waals surface area contributed by atoms with Gasteiger partial charge in [-0.25, -0.2) is 0 Å². The Morgan fingerprint density at radius 1 is 1.08 bits per heavy atom. The Labute approximate surface area is 231 Å². The summed E-state index contributed by atoms with van der Waals surface area (Å²) < 4.78 is 17.7. The van der Waals surface area contributed by atoms with Crippen molar-refractivity contribution in [1.29, 1.82) is 5.26 Å². The minimum atomic E-state index is -0.383. The summed E-state index contributed by atoms with van der Waals surface area (Å²) in [4.78, 5) is 26.8. The van der Waals surface area contributed by atoms with E-state index in [2.05, 4.69) is 22.0 Å². The molecular formula is C27H20BrClN2O5S. The summed E-state index contributed by atoms with van der Waals surface area (Å²) in [6, 6.07) is 19.6. The fourth-order valence-corrected chi connectivity index (χ4v) is 4.99. The number of benzene rings is 3. The second-order valence-electron chi connectivity index (χ2n) is 7.77. The van der Waals surface area contributed by atoms with Gasteiger partial charge in [0.2, 0.25) is 0 Å². The average molecular weight is 600 g/mol. The Morgan fingerprint density at radius 2 is 1.81 bits per heavy atom. The van der Waals surface area contributed by atoms with Crippen molar-refractivity contribution in [3.8, 4) is 23.3 Å². The second kappa shape index (κ2) is 12.2. The first-order valence-electron chi connectivity index (χ1n) is 11.0. The number of carbonyl (C=O) groups excluding carboxylic acids is 2. The molecule has 1 saturated heterocycles. The lowest BCUT2D eigenvalue weighted by Crippen LogP contribution is -2.32. The van der Waals surface area contributed by atoms with Crippen LogP contribution in [0.4, 0.5) is 4.79 Å². The molecule has 0 radical (unpaired) electrons. The maximum Gasteiger partial charge on any atom is 0.293 e. The first-order chi connectivity index (χ1) is 17.9. The van der Waals surface area contributed by atoms with E-state index in [0.717, 1.165) is 22.2 Å². The highest BCUT2D eigenvalue weighted by Gasteiger charge is 2.35. The predicted molar refractivity (Wildman–Crippen MR) is 146 cm³/mol. The van der Waals surface area contributed by atoms with Gasteiger partial charge in [-0.05, 0) is 93.4 Å². The number of hydrogen-bond donors (Lipinski definition) is 0. The summed E-state index contributed by atoms with van der Waals surface area (Å²) in [6.45, 7) is 0.564. The van der Waals surface area contributed by atoms with E-state index < -0.39 is 0 Å². The molecule has 0 bridgehead atoms. The summed E-state index contributed by atoms with van der Waals surface area (Å²) >= 11 is 10.3. The van der Waals surface area contributed by atoms with Crippen molar-refractivity contribution >= 4 is 56.5 Å². The number of halogens is 2. The van der Waals surface area contributed by atoms with Crippen molar-refractivity contribution in [1.82, 2.24) is 4.90 Å². The Kier molecular flexibility index (Phi) is 8.77. The van der Waals surface area contributed by atoms with E-state index >= 15 is 0 Å². The normalized spacial score (nSPS) is 14.1. The summed E-state index contributed by atoms with van der Waals surface area (Å²) in [5, 5.41) is 9.18. The predicted octanol–water partition coefficient (Wildman–Crippen LogP) is 6.68. The molecule has 188 valence electrons. The number of nitrogens with zero attached hydrogens (tertiary/aromatic N) is 2. The molecule has 7 nitrogen and oxygen atoms in total. The van der Waals surface area contributed by atoms with Crippen LogP contribution in [-0.2, 0) is 11.4 Å². The maximum absolute atomic E-state index is 12.9. The first-order valence-corrected chi connectivity index (χ1v) is 13.0. The highest BCUT2D eigenvalue weighted by atomic mass is 79.9. The van der Waals surface area contributed by atoms with Crippen LogP contribution in [0.5, 0.6) is 17.2 Å². The molecule has 0 saturated carbocycles. The zero-order valence-electron chi connectivity index (χ0n) is 19.6. The van der Waals surface area contributed by atoms with Gasteiger partial charge in [-0.2, -0.15) is 5.26 Å². The van der Waals surface area contributed by atoms with Crippen molar-refractivity contribution in [2.45, 2.75) is 6.61 Å². The van der Waals surface area contributed by atoms with E-state index in [4.69, 9.17) is 31.1 Å². The largest absolute Gasteiger partial charge is 0.493 e. The Hall–Kier alpha value is -3.45. The van der Waals surface area contributed by atoms with Crippen LogP contribution in [0.15, 0.2) is 70.0 Å². The lowest BCUT2D eigenvalue weighted by atomic mass is 10.1. The molecule has 0 unspecified atom stereocenters. The van der Waals surface area contributed by atoms with Gasteiger partial charge in [-0.15, -0.1) is 0 Å². The Morgan fingerprint density at radius 3 is 2.49 bits per heavy atom. The molecule has 37 heavy (non-hydrogen) atoms. The molecule has 0 spiro atoms. The third kappa shape index (κ3) is 6.66. The van der Waals surface area contributed by atoms with E-state index in [1.54, 1.807) is 54.6 Å². The van der Waals surface area contributed by atoms with Gasteiger partial charge in [0, 0.05) is 5.02 Å². The number of ether oxygens (including phenoxy) is 3. The molecule has 0 aliphatic carbocycles. The third-order valence-corrected chi connectivity index (χ3v) is 7.03. The Bertz CT molecular complexity index is 1390. The molecule has 0 aromatic heterocycles. The summed E-state index contributed by atoms with van der Waals surface area (Å²) in [5.74, 6) is 1.18. The number of nitriles is 1. The average Bonchev–Trinajstić information content (AvgIpc) is 3.16. The molecule has 1 heterocycles. The first kappa shape index (κ1) is 26.6. The van der Waals surface area contributed by atoms with Crippen LogP contribution >= 0.6 is 39.3 Å². The zero-order valence-corrected chi connectivity index (χ0v) is 22.7. The van der Waals surface area contributed by atoms with Gasteiger partial charge in [0.15, 0.2) is 11.5 Å². The monoisotopic (exact) mass is 598 g/mol. The van der Waals surface area contributed by atoms with Crippen molar-refractivity contribution in [2.24, 2.45) is 0 Å². The van der Waals surface area contributed by atoms with Crippen LogP contribution in [0.1, 0.15) is 16.7 Å². The van der Waals surface area contributed by atoms with Crippen LogP contribution in [0.25, 0.3) is 6.08 Å². The molecule has 3 aromatic rings. The maximum atomic E-state index is 12.9. The third-order valence-electron chi connectivity index (χ3n) is 5.29. The van der Waals surface area contributed by atoms with Gasteiger partial charge in [0.1, 0.15) is 19.0 Å². The van der Waals surface area contributed by atoms with Gasteiger partial charge < -0.3 is 14.2 Å². The van der Waals surface area contributed by atoms with Crippen molar-refractivity contribution in [2.75, 3.05) is 20.3 Å². The van der Waals surface area contributed by atoms with E-state index in [9.17, 15) is 9.59 Å². The number of thioether (sulfide) groups is 1. The van der Waals surface area contributed by atoms with Gasteiger partial charge in [-0.3, -0.25) is 14.5 Å². The van der Waals surface area contributed by atoms with Gasteiger partial charge in [0.25, 0.3) is 11.1 Å². The van der Waals surface area contributed by atoms with Crippen molar-refractivity contribution in [3.63, 3.8) is 0 Å². The molecule has 4 rings (SSSR count). The second-order valence-corrected chi connectivity index (χ2v) is 10.1. The lowest BCUT2D eigenvalue weighted by molar-refractivity contribution is -0.123. The molecule has 0 atom stereocenters. The topological polar surface area (TPSA) is 88.9 Å². The highest BCUT2D eigenvalue weighted by molar-refractivity contribution is 9.10. The van der Waals surface area contributed by atoms with Crippen LogP contribution in [0.3, 0.4) is 0 Å². The fraction of sp³-hybridized carbons (Fsp3) is 0.148. The van der Waals surface area contributed by atoms with Crippen molar-refractivity contribution in [3.05, 3.63) is 91.8 Å². The van der Waals surface area contributed by atoms with E-state index in [-0.39, 0.29) is 30.9 Å². The number of carbonyl (C=O) groups is 2. The van der Waals surface area contributed by atoms with Crippen LogP contribution in [0.2, 0.25) is 5.02 Å². The number of imide groups is 1. The number of amides is 2. The minimum absolute atomic E-state index is 0.125. The fourth-order valence-electron chi connectivity index (χ4n) is 3.42. The van der Waals surface area contributed by atoms with Crippen LogP contribution in [-0.4, -0.2) is 36.3 Å². The highest BCUT2D eigenvalue weighted by Crippen LogP contribution is 2.39. The Balaban J connectivity index is 1.42. The molecule has 3 aromatic carbocycles. The molecule has 2 amide bonds. The molecule has 0 N–H and O–H groups in total. The summed E-state index contributed by atoms with van der Waals surface area (Å²) in [6.07, 6.45) is 1.64. The minimum Gasteiger partial charge on any atom is -0.493 e. The zero-order chi connectivity index (χ0) is 26.4. The van der Waals surface area contributed by atoms with Crippen LogP contribution in [0, 0.1) is 11.3 Å². The molecule has 1 aliphatic heterocycles. The van der Waals surface area contributed by atoms with Gasteiger partial charge >= 0.3 is 0 Å². The molecule has 1 aliphatic rings. The SMILES string of the molecule is COc1cc(/C=C2\SC(=O)N(CCOc3ccc(Cl)cc3)C2=O)cc(Br)c1OCc1ccc(C#N)cc1. The smallest absolute Gasteiger partial charge is 0.293 e. The molecule has 1 fully saturated rings.